The van der Waals surface area contributed by atoms with Crippen molar-refractivity contribution in [2.75, 3.05) is 36.1 Å². The summed E-state index contributed by atoms with van der Waals surface area (Å²) in [6.07, 6.45) is -2.27. The smallest absolute Gasteiger partial charge is 0.369 e. The minimum atomic E-state index is -4.71. The van der Waals surface area contributed by atoms with Gasteiger partial charge in [0.15, 0.2) is 33.1 Å². The summed E-state index contributed by atoms with van der Waals surface area (Å²) in [6, 6.07) is 0.588. The first-order valence-electron chi connectivity index (χ1n) is 11.0. The third kappa shape index (κ3) is 5.22. The molecule has 36 heavy (non-hydrogen) atoms. The van der Waals surface area contributed by atoms with Crippen molar-refractivity contribution in [2.45, 2.75) is 42.4 Å². The average Bonchev–Trinajstić information content (AvgIpc) is 3.15. The van der Waals surface area contributed by atoms with E-state index in [1.54, 1.807) is 4.90 Å². The van der Waals surface area contributed by atoms with Gasteiger partial charge in [0.1, 0.15) is 11.7 Å². The van der Waals surface area contributed by atoms with Crippen LogP contribution in [0.3, 0.4) is 0 Å². The van der Waals surface area contributed by atoms with Crippen molar-refractivity contribution in [3.8, 4) is 0 Å². The highest BCUT2D eigenvalue weighted by molar-refractivity contribution is 7.90. The first-order valence-corrected chi connectivity index (χ1v) is 12.9. The molecule has 4 rings (SSSR count). The van der Waals surface area contributed by atoms with Crippen LogP contribution in [-0.2, 0) is 20.8 Å². The van der Waals surface area contributed by atoms with Gasteiger partial charge in [0.2, 0.25) is 5.91 Å². The molecule has 1 aromatic carbocycles. The molecule has 196 valence electrons. The Morgan fingerprint density at radius 3 is 2.11 bits per heavy atom. The number of benzene rings is 1. The number of pyridine rings is 1. The van der Waals surface area contributed by atoms with E-state index < -0.39 is 61.6 Å². The molecule has 2 aromatic rings. The van der Waals surface area contributed by atoms with Crippen LogP contribution in [0.5, 0.6) is 0 Å². The van der Waals surface area contributed by atoms with Crippen molar-refractivity contribution >= 4 is 27.2 Å². The summed E-state index contributed by atoms with van der Waals surface area (Å²) in [5.41, 5.74) is -1.78. The predicted octanol–water partition coefficient (Wildman–Crippen LogP) is 3.60. The van der Waals surface area contributed by atoms with E-state index in [1.165, 1.54) is 4.90 Å². The highest BCUT2D eigenvalue weighted by atomic mass is 32.2. The highest BCUT2D eigenvalue weighted by Gasteiger charge is 2.39. The first-order chi connectivity index (χ1) is 16.8. The summed E-state index contributed by atoms with van der Waals surface area (Å²) in [5.74, 6) is -3.95. The fourth-order valence-electron chi connectivity index (χ4n) is 4.48. The van der Waals surface area contributed by atoms with E-state index in [9.17, 15) is 39.6 Å². The third-order valence-corrected chi connectivity index (χ3v) is 7.45. The Kier molecular flexibility index (Phi) is 6.84. The number of hydrogen-bond acceptors (Lipinski definition) is 6. The molecule has 0 spiro atoms. The van der Waals surface area contributed by atoms with Crippen LogP contribution >= 0.6 is 0 Å². The van der Waals surface area contributed by atoms with E-state index in [-0.39, 0.29) is 31.4 Å². The van der Waals surface area contributed by atoms with Gasteiger partial charge in [0.05, 0.1) is 10.5 Å². The number of halogens is 6. The number of anilines is 2. The predicted molar refractivity (Wildman–Crippen MR) is 118 cm³/mol. The number of carbonyl (C=O) groups is 1. The topological polar surface area (TPSA) is 82.6 Å². The molecule has 0 unspecified atom stereocenters. The van der Waals surface area contributed by atoms with Gasteiger partial charge < -0.3 is 15.1 Å². The summed E-state index contributed by atoms with van der Waals surface area (Å²) >= 11 is 0. The van der Waals surface area contributed by atoms with Crippen LogP contribution in [0.25, 0.3) is 0 Å². The maximum Gasteiger partial charge on any atom is 0.417 e. The number of piperidine rings is 1. The summed E-state index contributed by atoms with van der Waals surface area (Å²) in [4.78, 5) is 19.1. The van der Waals surface area contributed by atoms with E-state index in [0.717, 1.165) is 6.26 Å². The summed E-state index contributed by atoms with van der Waals surface area (Å²) in [5, 5.41) is 2.54. The molecule has 1 atom stereocenters. The molecule has 14 heteroatoms. The zero-order valence-electron chi connectivity index (χ0n) is 18.9. The molecule has 1 aromatic heterocycles. The zero-order valence-corrected chi connectivity index (χ0v) is 19.8. The average molecular weight is 536 g/mol. The van der Waals surface area contributed by atoms with Gasteiger partial charge in [-0.15, -0.1) is 0 Å². The van der Waals surface area contributed by atoms with Crippen LogP contribution in [0.4, 0.5) is 37.8 Å². The lowest BCUT2D eigenvalue weighted by molar-refractivity contribution is -0.138. The van der Waals surface area contributed by atoms with Crippen LogP contribution < -0.4 is 10.2 Å². The Bertz CT molecular complexity index is 1260. The highest BCUT2D eigenvalue weighted by Crippen LogP contribution is 2.33. The van der Waals surface area contributed by atoms with Crippen LogP contribution in [0.2, 0.25) is 0 Å². The number of alkyl halides is 3. The number of nitrogens with zero attached hydrogens (tertiary/aromatic N) is 3. The van der Waals surface area contributed by atoms with Crippen LogP contribution in [0.1, 0.15) is 24.8 Å². The number of sulfone groups is 1. The zero-order chi connectivity index (χ0) is 26.4. The molecule has 0 bridgehead atoms. The number of likely N-dealkylation sites (tertiary alicyclic amines) is 1. The normalized spacial score (nSPS) is 19.8. The Morgan fingerprint density at radius 2 is 1.58 bits per heavy atom. The lowest BCUT2D eigenvalue weighted by Crippen LogP contribution is -2.47. The van der Waals surface area contributed by atoms with E-state index >= 15 is 0 Å². The SMILES string of the molecule is CS(=O)(=O)c1cc(F)c(N[C@H]2CCN(C3CCN(c4ncc(C(F)(F)F)cc4F)CC3)C2=O)c(F)c1. The minimum absolute atomic E-state index is 0.197. The van der Waals surface area contributed by atoms with Crippen molar-refractivity contribution in [1.29, 1.82) is 0 Å². The molecular formula is C22H22F6N4O3S. The maximum atomic E-state index is 14.4. The molecule has 3 heterocycles. The van der Waals surface area contributed by atoms with Gasteiger partial charge in [-0.1, -0.05) is 0 Å². The first kappa shape index (κ1) is 26.0. The Labute approximate surface area is 203 Å². The van der Waals surface area contributed by atoms with Crippen LogP contribution in [0.15, 0.2) is 29.3 Å². The summed E-state index contributed by atoms with van der Waals surface area (Å²) in [7, 11) is -3.83. The number of carbonyl (C=O) groups excluding carboxylic acids is 1. The molecule has 7 nitrogen and oxygen atoms in total. The summed E-state index contributed by atoms with van der Waals surface area (Å²) < 4.78 is 104. The molecule has 1 N–H and O–H groups in total. The van der Waals surface area contributed by atoms with Crippen LogP contribution in [-0.4, -0.2) is 62.2 Å². The largest absolute Gasteiger partial charge is 0.417 e. The van der Waals surface area contributed by atoms with Crippen molar-refractivity contribution in [3.05, 3.63) is 47.4 Å². The van der Waals surface area contributed by atoms with E-state index in [4.69, 9.17) is 0 Å². The van der Waals surface area contributed by atoms with Gasteiger partial charge in [-0.25, -0.2) is 26.6 Å². The number of amides is 1. The molecule has 0 radical (unpaired) electrons. The standard InChI is InChI=1S/C22H22F6N4O3S/c1-36(34,35)14-9-15(23)19(16(24)10-14)30-18-4-7-32(21(18)33)13-2-5-31(6-3-13)20-17(25)8-12(11-29-20)22(26,27)28/h8-11,13,18,30H,2-7H2,1H3/t18-/m0/s1. The molecule has 2 aliphatic rings. The van der Waals surface area contributed by atoms with E-state index in [2.05, 4.69) is 10.3 Å². The van der Waals surface area contributed by atoms with Crippen molar-refractivity contribution in [3.63, 3.8) is 0 Å². The minimum Gasteiger partial charge on any atom is -0.369 e. The van der Waals surface area contributed by atoms with Crippen molar-refractivity contribution < 1.29 is 39.6 Å². The number of nitrogens with one attached hydrogen (secondary N) is 1. The summed E-state index contributed by atoms with van der Waals surface area (Å²) in [6.45, 7) is 0.800. The second kappa shape index (κ2) is 9.45. The maximum absolute atomic E-state index is 14.4. The number of rotatable bonds is 5. The van der Waals surface area contributed by atoms with Crippen molar-refractivity contribution in [2.24, 2.45) is 0 Å². The van der Waals surface area contributed by atoms with Gasteiger partial charge in [0.25, 0.3) is 0 Å². The molecule has 1 amide bonds. The molecule has 2 saturated heterocycles. The molecule has 0 saturated carbocycles. The van der Waals surface area contributed by atoms with Gasteiger partial charge in [-0.05, 0) is 37.5 Å². The van der Waals surface area contributed by atoms with Crippen LogP contribution in [0, 0.1) is 17.5 Å². The molecule has 0 aliphatic carbocycles. The van der Waals surface area contributed by atoms with Gasteiger partial charge in [-0.3, -0.25) is 4.79 Å². The third-order valence-electron chi connectivity index (χ3n) is 6.36. The van der Waals surface area contributed by atoms with Crippen molar-refractivity contribution in [1.82, 2.24) is 9.88 Å². The monoisotopic (exact) mass is 536 g/mol. The molecular weight excluding hydrogens is 514 g/mol. The second-order valence-electron chi connectivity index (χ2n) is 8.80. The number of hydrogen-bond donors (Lipinski definition) is 1. The van der Waals surface area contributed by atoms with Gasteiger partial charge in [0, 0.05) is 38.1 Å². The fourth-order valence-corrected chi connectivity index (χ4v) is 5.12. The van der Waals surface area contributed by atoms with Gasteiger partial charge >= 0.3 is 6.18 Å². The Morgan fingerprint density at radius 1 is 0.972 bits per heavy atom. The fraction of sp³-hybridized carbons (Fsp3) is 0.455. The Hall–Kier alpha value is -3.03. The van der Waals surface area contributed by atoms with E-state index in [1.807, 2.05) is 0 Å². The van der Waals surface area contributed by atoms with E-state index in [0.29, 0.717) is 43.8 Å². The Balaban J connectivity index is 1.39. The molecule has 2 fully saturated rings. The van der Waals surface area contributed by atoms with Gasteiger partial charge in [-0.2, -0.15) is 13.2 Å². The number of aromatic nitrogens is 1. The molecule has 2 aliphatic heterocycles. The second-order valence-corrected chi connectivity index (χ2v) is 10.8. The quantitative estimate of drug-likeness (QED) is 0.589. The lowest BCUT2D eigenvalue weighted by Gasteiger charge is -2.37. The lowest BCUT2D eigenvalue weighted by atomic mass is 10.0.